The topological polar surface area (TPSA) is 64.9 Å². The Morgan fingerprint density at radius 3 is 2.42 bits per heavy atom. The maximum absolute atomic E-state index is 5.60. The average molecular weight is 161 g/mol. The molecule has 0 fully saturated rings. The second-order valence-electron chi connectivity index (χ2n) is 2.34. The van der Waals surface area contributed by atoms with E-state index in [0.29, 0.717) is 11.6 Å². The predicted octanol–water partition coefficient (Wildman–Crippen LogP) is 1.53. The second kappa shape index (κ2) is 3.09. The standard InChI is InChI=1S/C9H11N3/c1-3-6-5-8(10)12-9(11)7(6)4-2/h3-5H,1-2H2,(H4,10,11,12). The van der Waals surface area contributed by atoms with E-state index in [4.69, 9.17) is 11.5 Å². The van der Waals surface area contributed by atoms with Crippen molar-refractivity contribution in [1.29, 1.82) is 0 Å². The molecule has 3 nitrogen and oxygen atoms in total. The van der Waals surface area contributed by atoms with Gasteiger partial charge in [0.1, 0.15) is 11.6 Å². The quantitative estimate of drug-likeness (QED) is 0.691. The molecule has 1 heterocycles. The molecule has 1 rings (SSSR count). The zero-order valence-corrected chi connectivity index (χ0v) is 6.75. The van der Waals surface area contributed by atoms with Gasteiger partial charge in [-0.3, -0.25) is 0 Å². The zero-order chi connectivity index (χ0) is 9.14. The molecule has 1 aromatic heterocycles. The third-order valence-corrected chi connectivity index (χ3v) is 1.56. The van der Waals surface area contributed by atoms with Crippen molar-refractivity contribution < 1.29 is 0 Å². The van der Waals surface area contributed by atoms with Gasteiger partial charge in [-0.05, 0) is 11.6 Å². The first-order valence-corrected chi connectivity index (χ1v) is 3.50. The molecule has 0 bridgehead atoms. The van der Waals surface area contributed by atoms with Crippen molar-refractivity contribution in [2.24, 2.45) is 0 Å². The molecule has 0 radical (unpaired) electrons. The summed E-state index contributed by atoms with van der Waals surface area (Å²) in [4.78, 5) is 3.89. The Kier molecular flexibility index (Phi) is 2.14. The summed E-state index contributed by atoms with van der Waals surface area (Å²) in [6.07, 6.45) is 3.31. The lowest BCUT2D eigenvalue weighted by atomic mass is 10.1. The first kappa shape index (κ1) is 8.33. The van der Waals surface area contributed by atoms with Crippen LogP contribution in [-0.2, 0) is 0 Å². The first-order valence-electron chi connectivity index (χ1n) is 3.50. The summed E-state index contributed by atoms with van der Waals surface area (Å²) in [5.74, 6) is 0.785. The SMILES string of the molecule is C=Cc1cc(N)nc(N)c1C=C. The van der Waals surface area contributed by atoms with Crippen LogP contribution in [0.15, 0.2) is 19.2 Å². The van der Waals surface area contributed by atoms with Gasteiger partial charge < -0.3 is 11.5 Å². The Balaban J connectivity index is 3.43. The largest absolute Gasteiger partial charge is 0.384 e. The van der Waals surface area contributed by atoms with E-state index < -0.39 is 0 Å². The molecule has 0 atom stereocenters. The van der Waals surface area contributed by atoms with Crippen LogP contribution in [0.4, 0.5) is 11.6 Å². The van der Waals surface area contributed by atoms with Gasteiger partial charge in [-0.25, -0.2) is 4.98 Å². The molecule has 4 N–H and O–H groups in total. The van der Waals surface area contributed by atoms with Crippen molar-refractivity contribution in [2.45, 2.75) is 0 Å². The van der Waals surface area contributed by atoms with Crippen molar-refractivity contribution in [3.05, 3.63) is 30.4 Å². The van der Waals surface area contributed by atoms with Gasteiger partial charge in [-0.1, -0.05) is 25.3 Å². The molecule has 0 amide bonds. The Morgan fingerprint density at radius 2 is 1.92 bits per heavy atom. The molecule has 0 aliphatic rings. The highest BCUT2D eigenvalue weighted by Gasteiger charge is 2.02. The van der Waals surface area contributed by atoms with Crippen molar-refractivity contribution in [1.82, 2.24) is 4.98 Å². The van der Waals surface area contributed by atoms with E-state index in [2.05, 4.69) is 18.1 Å². The van der Waals surface area contributed by atoms with Gasteiger partial charge in [0.2, 0.25) is 0 Å². The summed E-state index contributed by atoms with van der Waals surface area (Å²) in [7, 11) is 0. The monoisotopic (exact) mass is 161 g/mol. The van der Waals surface area contributed by atoms with E-state index in [1.54, 1.807) is 18.2 Å². The van der Waals surface area contributed by atoms with Crippen LogP contribution in [0.3, 0.4) is 0 Å². The number of hydrogen-bond acceptors (Lipinski definition) is 3. The van der Waals surface area contributed by atoms with E-state index in [1.165, 1.54) is 0 Å². The van der Waals surface area contributed by atoms with E-state index in [-0.39, 0.29) is 0 Å². The third kappa shape index (κ3) is 1.29. The highest BCUT2D eigenvalue weighted by molar-refractivity contribution is 5.73. The number of pyridine rings is 1. The van der Waals surface area contributed by atoms with Crippen LogP contribution in [-0.4, -0.2) is 4.98 Å². The Hall–Kier alpha value is -1.77. The Morgan fingerprint density at radius 1 is 1.25 bits per heavy atom. The van der Waals surface area contributed by atoms with Crippen LogP contribution in [0, 0.1) is 0 Å². The molecule has 0 spiro atoms. The van der Waals surface area contributed by atoms with Gasteiger partial charge in [0.25, 0.3) is 0 Å². The highest BCUT2D eigenvalue weighted by atomic mass is 14.9. The Bertz CT molecular complexity index is 329. The lowest BCUT2D eigenvalue weighted by molar-refractivity contribution is 1.32. The van der Waals surface area contributed by atoms with E-state index >= 15 is 0 Å². The van der Waals surface area contributed by atoms with Crippen LogP contribution in [0.25, 0.3) is 12.2 Å². The fourth-order valence-electron chi connectivity index (χ4n) is 1.01. The van der Waals surface area contributed by atoms with Crippen molar-refractivity contribution in [3.63, 3.8) is 0 Å². The molecule has 3 heteroatoms. The van der Waals surface area contributed by atoms with Crippen molar-refractivity contribution in [3.8, 4) is 0 Å². The minimum atomic E-state index is 0.389. The number of rotatable bonds is 2. The summed E-state index contributed by atoms with van der Waals surface area (Å²) in [5.41, 5.74) is 12.7. The number of nitrogens with zero attached hydrogens (tertiary/aromatic N) is 1. The summed E-state index contributed by atoms with van der Waals surface area (Å²) < 4.78 is 0. The number of anilines is 2. The Labute approximate surface area is 71.4 Å². The van der Waals surface area contributed by atoms with Crippen LogP contribution in [0.5, 0.6) is 0 Å². The molecular formula is C9H11N3. The summed E-state index contributed by atoms with van der Waals surface area (Å²) in [6.45, 7) is 7.26. The minimum absolute atomic E-state index is 0.389. The molecule has 0 aromatic carbocycles. The van der Waals surface area contributed by atoms with E-state index in [9.17, 15) is 0 Å². The smallest absolute Gasteiger partial charge is 0.133 e. The third-order valence-electron chi connectivity index (χ3n) is 1.56. The van der Waals surface area contributed by atoms with Gasteiger partial charge in [-0.15, -0.1) is 0 Å². The number of nitrogens with two attached hydrogens (primary N) is 2. The lowest BCUT2D eigenvalue weighted by Crippen LogP contribution is -2.00. The van der Waals surface area contributed by atoms with Crippen LogP contribution in [0.1, 0.15) is 11.1 Å². The summed E-state index contributed by atoms with van der Waals surface area (Å²) in [5, 5.41) is 0. The molecule has 12 heavy (non-hydrogen) atoms. The van der Waals surface area contributed by atoms with Crippen molar-refractivity contribution >= 4 is 23.8 Å². The summed E-state index contributed by atoms with van der Waals surface area (Å²) >= 11 is 0. The van der Waals surface area contributed by atoms with Gasteiger partial charge in [0.05, 0.1) is 0 Å². The number of hydrogen-bond donors (Lipinski definition) is 2. The minimum Gasteiger partial charge on any atom is -0.384 e. The molecule has 0 unspecified atom stereocenters. The van der Waals surface area contributed by atoms with Crippen molar-refractivity contribution in [2.75, 3.05) is 11.5 Å². The number of aromatic nitrogens is 1. The maximum atomic E-state index is 5.60. The normalized spacial score (nSPS) is 9.33. The maximum Gasteiger partial charge on any atom is 0.133 e. The molecule has 1 aromatic rings. The highest BCUT2D eigenvalue weighted by Crippen LogP contribution is 2.19. The fraction of sp³-hybridized carbons (Fsp3) is 0. The molecule has 0 saturated heterocycles. The lowest BCUT2D eigenvalue weighted by Gasteiger charge is -2.04. The molecule has 0 aliphatic carbocycles. The fourth-order valence-corrected chi connectivity index (χ4v) is 1.01. The molecular weight excluding hydrogens is 150 g/mol. The van der Waals surface area contributed by atoms with Gasteiger partial charge >= 0.3 is 0 Å². The van der Waals surface area contributed by atoms with Crippen LogP contribution in [0.2, 0.25) is 0 Å². The predicted molar refractivity (Wildman–Crippen MR) is 53.2 cm³/mol. The average Bonchev–Trinajstić information content (AvgIpc) is 2.03. The first-order chi connectivity index (χ1) is 5.69. The van der Waals surface area contributed by atoms with E-state index in [1.807, 2.05) is 0 Å². The number of nitrogen functional groups attached to an aromatic ring is 2. The summed E-state index contributed by atoms with van der Waals surface area (Å²) in [6, 6.07) is 1.71. The molecule has 0 aliphatic heterocycles. The van der Waals surface area contributed by atoms with Gasteiger partial charge in [-0.2, -0.15) is 0 Å². The molecule has 0 saturated carbocycles. The molecule has 62 valence electrons. The van der Waals surface area contributed by atoms with Gasteiger partial charge in [0.15, 0.2) is 0 Å². The van der Waals surface area contributed by atoms with Crippen LogP contribution < -0.4 is 11.5 Å². The second-order valence-corrected chi connectivity index (χ2v) is 2.34. The van der Waals surface area contributed by atoms with E-state index in [0.717, 1.165) is 11.1 Å². The zero-order valence-electron chi connectivity index (χ0n) is 6.75. The van der Waals surface area contributed by atoms with Gasteiger partial charge in [0, 0.05) is 5.56 Å². The van der Waals surface area contributed by atoms with Crippen LogP contribution >= 0.6 is 0 Å².